The lowest BCUT2D eigenvalue weighted by Crippen LogP contribution is -1.93. The van der Waals surface area contributed by atoms with Gasteiger partial charge in [-0.1, -0.05) is 71.1 Å². The van der Waals surface area contributed by atoms with Crippen molar-refractivity contribution in [2.75, 3.05) is 6.61 Å². The molecule has 114 valence electrons. The molecule has 19 heavy (non-hydrogen) atoms. The van der Waals surface area contributed by atoms with E-state index in [-0.39, 0.29) is 0 Å². The van der Waals surface area contributed by atoms with Gasteiger partial charge in [0, 0.05) is 6.61 Å². The van der Waals surface area contributed by atoms with Crippen LogP contribution in [0.4, 0.5) is 0 Å². The third kappa shape index (κ3) is 9.45. The standard InChI is InChI=1S/C17H34O2/c1-2-13-16-17(19-16)14-11-9-7-5-3-4-6-8-10-12-15-18/h16-18H,2-15H2,1H3. The molecule has 1 saturated heterocycles. The van der Waals surface area contributed by atoms with Crippen molar-refractivity contribution in [3.8, 4) is 0 Å². The predicted molar refractivity (Wildman–Crippen MR) is 81.4 cm³/mol. The van der Waals surface area contributed by atoms with Crippen LogP contribution in [0.25, 0.3) is 0 Å². The van der Waals surface area contributed by atoms with Gasteiger partial charge in [0.2, 0.25) is 0 Å². The Morgan fingerprint density at radius 1 is 0.684 bits per heavy atom. The first-order valence-electron chi connectivity index (χ1n) is 8.64. The van der Waals surface area contributed by atoms with Crippen molar-refractivity contribution in [2.24, 2.45) is 0 Å². The number of aliphatic hydroxyl groups is 1. The second-order valence-corrected chi connectivity index (χ2v) is 6.05. The zero-order valence-corrected chi connectivity index (χ0v) is 12.9. The molecule has 0 amide bonds. The Bertz CT molecular complexity index is 194. The van der Waals surface area contributed by atoms with E-state index in [1.807, 2.05) is 0 Å². The molecule has 2 heteroatoms. The van der Waals surface area contributed by atoms with Crippen LogP contribution in [0.15, 0.2) is 0 Å². The second kappa shape index (κ2) is 11.7. The van der Waals surface area contributed by atoms with Crippen molar-refractivity contribution in [3.63, 3.8) is 0 Å². The van der Waals surface area contributed by atoms with Gasteiger partial charge < -0.3 is 9.84 Å². The van der Waals surface area contributed by atoms with Crippen LogP contribution in [0, 0.1) is 0 Å². The van der Waals surface area contributed by atoms with Crippen molar-refractivity contribution in [1.82, 2.24) is 0 Å². The lowest BCUT2D eigenvalue weighted by Gasteiger charge is -2.02. The Morgan fingerprint density at radius 2 is 1.16 bits per heavy atom. The summed E-state index contributed by atoms with van der Waals surface area (Å²) in [5.74, 6) is 0. The molecule has 0 aromatic rings. The normalized spacial score (nSPS) is 21.8. The molecular formula is C17H34O2. The minimum atomic E-state index is 0.365. The summed E-state index contributed by atoms with van der Waals surface area (Å²) in [4.78, 5) is 0. The molecular weight excluding hydrogens is 236 g/mol. The van der Waals surface area contributed by atoms with E-state index < -0.39 is 0 Å². The van der Waals surface area contributed by atoms with Gasteiger partial charge in [0.05, 0.1) is 12.2 Å². The van der Waals surface area contributed by atoms with Crippen LogP contribution in [0.5, 0.6) is 0 Å². The predicted octanol–water partition coefficient (Wildman–Crippen LogP) is 4.84. The molecule has 1 fully saturated rings. The Kier molecular flexibility index (Phi) is 10.5. The van der Waals surface area contributed by atoms with Gasteiger partial charge in [0.25, 0.3) is 0 Å². The largest absolute Gasteiger partial charge is 0.396 e. The summed E-state index contributed by atoms with van der Waals surface area (Å²) < 4.78 is 5.63. The Labute approximate surface area is 119 Å². The average Bonchev–Trinajstić information content (AvgIpc) is 3.15. The highest BCUT2D eigenvalue weighted by Gasteiger charge is 2.36. The summed E-state index contributed by atoms with van der Waals surface area (Å²) in [6.45, 7) is 2.60. The van der Waals surface area contributed by atoms with Crippen molar-refractivity contribution in [2.45, 2.75) is 103 Å². The van der Waals surface area contributed by atoms with Gasteiger partial charge >= 0.3 is 0 Å². The van der Waals surface area contributed by atoms with Crippen molar-refractivity contribution >= 4 is 0 Å². The monoisotopic (exact) mass is 270 g/mol. The molecule has 0 bridgehead atoms. The second-order valence-electron chi connectivity index (χ2n) is 6.05. The fraction of sp³-hybridized carbons (Fsp3) is 1.00. The van der Waals surface area contributed by atoms with E-state index in [0.717, 1.165) is 6.42 Å². The zero-order valence-electron chi connectivity index (χ0n) is 12.9. The highest BCUT2D eigenvalue weighted by molar-refractivity contribution is 4.83. The summed E-state index contributed by atoms with van der Waals surface area (Å²) in [6, 6.07) is 0. The van der Waals surface area contributed by atoms with Gasteiger partial charge in [-0.2, -0.15) is 0 Å². The van der Waals surface area contributed by atoms with Crippen LogP contribution in [0.3, 0.4) is 0 Å². The molecule has 0 aliphatic carbocycles. The molecule has 1 heterocycles. The molecule has 1 aliphatic heterocycles. The van der Waals surface area contributed by atoms with Gasteiger partial charge in [-0.3, -0.25) is 0 Å². The molecule has 1 aliphatic rings. The smallest absolute Gasteiger partial charge is 0.0841 e. The SMILES string of the molecule is CCCC1OC1CCCCCCCCCCCCO. The topological polar surface area (TPSA) is 32.8 Å². The first-order chi connectivity index (χ1) is 9.38. The van der Waals surface area contributed by atoms with E-state index in [0.29, 0.717) is 18.8 Å². The molecule has 2 unspecified atom stereocenters. The first kappa shape index (κ1) is 17.0. The van der Waals surface area contributed by atoms with Crippen LogP contribution in [0.1, 0.15) is 90.4 Å². The fourth-order valence-corrected chi connectivity index (χ4v) is 2.84. The Morgan fingerprint density at radius 3 is 1.68 bits per heavy atom. The van der Waals surface area contributed by atoms with E-state index in [2.05, 4.69) is 6.92 Å². The summed E-state index contributed by atoms with van der Waals surface area (Å²) in [6.07, 6.45) is 18.3. The van der Waals surface area contributed by atoms with E-state index in [1.165, 1.54) is 77.0 Å². The number of unbranched alkanes of at least 4 members (excludes halogenated alkanes) is 9. The van der Waals surface area contributed by atoms with Crippen LogP contribution in [-0.4, -0.2) is 23.9 Å². The lowest BCUT2D eigenvalue weighted by molar-refractivity contribution is 0.282. The van der Waals surface area contributed by atoms with Gasteiger partial charge in [0.15, 0.2) is 0 Å². The maximum Gasteiger partial charge on any atom is 0.0841 e. The van der Waals surface area contributed by atoms with E-state index in [1.54, 1.807) is 0 Å². The fourth-order valence-electron chi connectivity index (χ4n) is 2.84. The first-order valence-corrected chi connectivity index (χ1v) is 8.64. The van der Waals surface area contributed by atoms with E-state index >= 15 is 0 Å². The third-order valence-corrected chi connectivity index (χ3v) is 4.16. The van der Waals surface area contributed by atoms with Gasteiger partial charge in [-0.05, 0) is 19.3 Å². The number of aliphatic hydroxyl groups excluding tert-OH is 1. The maximum absolute atomic E-state index is 8.67. The van der Waals surface area contributed by atoms with Crippen LogP contribution >= 0.6 is 0 Å². The van der Waals surface area contributed by atoms with Gasteiger partial charge in [0.1, 0.15) is 0 Å². The Hall–Kier alpha value is -0.0800. The van der Waals surface area contributed by atoms with Crippen LogP contribution in [0.2, 0.25) is 0 Å². The minimum absolute atomic E-state index is 0.365. The number of hydrogen-bond donors (Lipinski definition) is 1. The van der Waals surface area contributed by atoms with Crippen LogP contribution < -0.4 is 0 Å². The molecule has 1 rings (SSSR count). The van der Waals surface area contributed by atoms with E-state index in [4.69, 9.17) is 9.84 Å². The van der Waals surface area contributed by atoms with Crippen molar-refractivity contribution < 1.29 is 9.84 Å². The van der Waals surface area contributed by atoms with Crippen LogP contribution in [-0.2, 0) is 4.74 Å². The summed E-state index contributed by atoms with van der Waals surface area (Å²) >= 11 is 0. The number of rotatable bonds is 14. The molecule has 2 atom stereocenters. The average molecular weight is 270 g/mol. The lowest BCUT2D eigenvalue weighted by atomic mass is 10.0. The highest BCUT2D eigenvalue weighted by atomic mass is 16.6. The van der Waals surface area contributed by atoms with Crippen molar-refractivity contribution in [1.29, 1.82) is 0 Å². The van der Waals surface area contributed by atoms with Gasteiger partial charge in [-0.25, -0.2) is 0 Å². The molecule has 2 nitrogen and oxygen atoms in total. The summed E-state index contributed by atoms with van der Waals surface area (Å²) in [7, 11) is 0. The summed E-state index contributed by atoms with van der Waals surface area (Å²) in [5.41, 5.74) is 0. The van der Waals surface area contributed by atoms with Crippen molar-refractivity contribution in [3.05, 3.63) is 0 Å². The third-order valence-electron chi connectivity index (χ3n) is 4.16. The van der Waals surface area contributed by atoms with Gasteiger partial charge in [-0.15, -0.1) is 0 Å². The quantitative estimate of drug-likeness (QED) is 0.362. The van der Waals surface area contributed by atoms with E-state index in [9.17, 15) is 0 Å². The number of epoxide rings is 1. The number of ether oxygens (including phenoxy) is 1. The highest BCUT2D eigenvalue weighted by Crippen LogP contribution is 2.30. The zero-order chi connectivity index (χ0) is 13.8. The molecule has 0 saturated carbocycles. The summed E-state index contributed by atoms with van der Waals surface area (Å²) in [5, 5.41) is 8.67. The number of hydrogen-bond acceptors (Lipinski definition) is 2. The molecule has 0 radical (unpaired) electrons. The molecule has 0 aromatic heterocycles. The molecule has 0 spiro atoms. The maximum atomic E-state index is 8.67. The Balaban J connectivity index is 1.68. The minimum Gasteiger partial charge on any atom is -0.396 e. The molecule has 1 N–H and O–H groups in total. The molecule has 0 aromatic carbocycles.